The number of tetrazole rings is 1. The van der Waals surface area contributed by atoms with Gasteiger partial charge in [-0.15, -0.1) is 5.10 Å². The van der Waals surface area contributed by atoms with E-state index in [-0.39, 0.29) is 12.5 Å². The summed E-state index contributed by atoms with van der Waals surface area (Å²) in [5.41, 5.74) is 0.793. The van der Waals surface area contributed by atoms with Gasteiger partial charge >= 0.3 is 0 Å². The molecule has 0 N–H and O–H groups in total. The highest BCUT2D eigenvalue weighted by atomic mass is 16.5. The topological polar surface area (TPSA) is 73.1 Å². The monoisotopic (exact) mass is 301 g/mol. The minimum absolute atomic E-state index is 0.0414. The van der Waals surface area contributed by atoms with Crippen molar-refractivity contribution in [1.29, 1.82) is 0 Å². The third kappa shape index (κ3) is 3.41. The summed E-state index contributed by atoms with van der Waals surface area (Å²) in [6.07, 6.45) is 3.65. The van der Waals surface area contributed by atoms with Crippen LogP contribution < -0.4 is 4.74 Å². The molecule has 1 fully saturated rings. The van der Waals surface area contributed by atoms with Crippen LogP contribution in [0.15, 0.2) is 30.6 Å². The zero-order valence-electron chi connectivity index (χ0n) is 12.6. The van der Waals surface area contributed by atoms with Crippen LogP contribution in [0, 0.1) is 5.92 Å². The van der Waals surface area contributed by atoms with E-state index in [1.54, 1.807) is 4.68 Å². The van der Waals surface area contributed by atoms with Crippen LogP contribution in [0.5, 0.6) is 5.75 Å². The van der Waals surface area contributed by atoms with Gasteiger partial charge in [-0.2, -0.15) is 0 Å². The van der Waals surface area contributed by atoms with Crippen molar-refractivity contribution in [2.24, 2.45) is 5.92 Å². The molecule has 0 bridgehead atoms. The van der Waals surface area contributed by atoms with Crippen molar-refractivity contribution < 1.29 is 9.53 Å². The number of carbonyl (C=O) groups is 1. The molecule has 2 heterocycles. The van der Waals surface area contributed by atoms with Crippen LogP contribution in [0.4, 0.5) is 0 Å². The van der Waals surface area contributed by atoms with Gasteiger partial charge in [0.15, 0.2) is 6.61 Å². The van der Waals surface area contributed by atoms with E-state index in [0.29, 0.717) is 11.7 Å². The summed E-state index contributed by atoms with van der Waals surface area (Å²) in [7, 11) is 0. The van der Waals surface area contributed by atoms with Gasteiger partial charge in [0, 0.05) is 19.2 Å². The van der Waals surface area contributed by atoms with E-state index in [1.807, 2.05) is 29.2 Å². The first-order valence-electron chi connectivity index (χ1n) is 7.46. The number of likely N-dealkylation sites (tertiary alicyclic amines) is 1. The molecule has 1 aliphatic heterocycles. The third-order valence-corrected chi connectivity index (χ3v) is 3.93. The molecule has 0 unspecified atom stereocenters. The smallest absolute Gasteiger partial charge is 0.260 e. The zero-order valence-corrected chi connectivity index (χ0v) is 12.6. The third-order valence-electron chi connectivity index (χ3n) is 3.93. The van der Waals surface area contributed by atoms with Gasteiger partial charge in [-0.3, -0.25) is 4.79 Å². The first kappa shape index (κ1) is 14.5. The zero-order chi connectivity index (χ0) is 15.4. The standard InChI is InChI=1S/C15H19N5O2/c1-12-5-7-19(8-6-12)15(21)10-22-14-4-2-3-13(9-14)20-11-16-17-18-20/h2-4,9,11-12H,5-8,10H2,1H3. The first-order valence-corrected chi connectivity index (χ1v) is 7.46. The first-order chi connectivity index (χ1) is 10.7. The predicted octanol–water partition coefficient (Wildman–Crippen LogP) is 1.30. The molecule has 116 valence electrons. The molecule has 0 spiro atoms. The Hall–Kier alpha value is -2.44. The second-order valence-electron chi connectivity index (χ2n) is 5.60. The maximum atomic E-state index is 12.2. The molecule has 1 saturated heterocycles. The Morgan fingerprint density at radius 1 is 1.36 bits per heavy atom. The van der Waals surface area contributed by atoms with E-state index >= 15 is 0 Å². The average Bonchev–Trinajstić information content (AvgIpc) is 3.08. The van der Waals surface area contributed by atoms with Crippen molar-refractivity contribution in [3.63, 3.8) is 0 Å². The number of ether oxygens (including phenoxy) is 1. The summed E-state index contributed by atoms with van der Waals surface area (Å²) < 4.78 is 7.16. The predicted molar refractivity (Wildman–Crippen MR) is 79.6 cm³/mol. The number of amides is 1. The number of aromatic nitrogens is 4. The Labute approximate surface area is 128 Å². The van der Waals surface area contributed by atoms with Crippen molar-refractivity contribution in [1.82, 2.24) is 25.1 Å². The fourth-order valence-electron chi connectivity index (χ4n) is 2.49. The SMILES string of the molecule is CC1CCN(C(=O)COc2cccc(-n3cnnn3)c2)CC1. The second-order valence-corrected chi connectivity index (χ2v) is 5.60. The molecule has 1 aromatic carbocycles. The Balaban J connectivity index is 1.57. The van der Waals surface area contributed by atoms with Crippen LogP contribution in [-0.2, 0) is 4.79 Å². The van der Waals surface area contributed by atoms with E-state index in [0.717, 1.165) is 31.6 Å². The number of piperidine rings is 1. The average molecular weight is 301 g/mol. The molecule has 0 aliphatic carbocycles. The van der Waals surface area contributed by atoms with Crippen LogP contribution >= 0.6 is 0 Å². The van der Waals surface area contributed by atoms with Gasteiger partial charge in [0.2, 0.25) is 0 Å². The normalized spacial score (nSPS) is 15.8. The maximum Gasteiger partial charge on any atom is 0.260 e. The Bertz CT molecular complexity index is 621. The summed E-state index contributed by atoms with van der Waals surface area (Å²) >= 11 is 0. The summed E-state index contributed by atoms with van der Waals surface area (Å²) in [4.78, 5) is 14.0. The summed E-state index contributed by atoms with van der Waals surface area (Å²) in [6.45, 7) is 3.94. The van der Waals surface area contributed by atoms with E-state index in [2.05, 4.69) is 22.4 Å². The van der Waals surface area contributed by atoms with E-state index in [1.165, 1.54) is 6.33 Å². The molecule has 7 nitrogen and oxygen atoms in total. The molecule has 22 heavy (non-hydrogen) atoms. The molecule has 0 saturated carbocycles. The van der Waals surface area contributed by atoms with Crippen LogP contribution in [0.25, 0.3) is 5.69 Å². The summed E-state index contributed by atoms with van der Waals surface area (Å²) in [6, 6.07) is 7.35. The van der Waals surface area contributed by atoms with Gasteiger partial charge < -0.3 is 9.64 Å². The number of hydrogen-bond donors (Lipinski definition) is 0. The Morgan fingerprint density at radius 2 is 2.18 bits per heavy atom. The fraction of sp³-hybridized carbons (Fsp3) is 0.467. The highest BCUT2D eigenvalue weighted by molar-refractivity contribution is 5.77. The molecule has 3 rings (SSSR count). The summed E-state index contributed by atoms with van der Waals surface area (Å²) in [5, 5.41) is 11.0. The van der Waals surface area contributed by atoms with E-state index in [9.17, 15) is 4.79 Å². The minimum Gasteiger partial charge on any atom is -0.484 e. The second kappa shape index (κ2) is 6.55. The van der Waals surface area contributed by atoms with E-state index < -0.39 is 0 Å². The van der Waals surface area contributed by atoms with Crippen molar-refractivity contribution in [2.75, 3.05) is 19.7 Å². The lowest BCUT2D eigenvalue weighted by Gasteiger charge is -2.30. The Kier molecular flexibility index (Phi) is 4.32. The summed E-state index contributed by atoms with van der Waals surface area (Å²) in [5.74, 6) is 1.38. The largest absolute Gasteiger partial charge is 0.484 e. The van der Waals surface area contributed by atoms with Gasteiger partial charge in [0.1, 0.15) is 12.1 Å². The van der Waals surface area contributed by atoms with Gasteiger partial charge in [0.25, 0.3) is 5.91 Å². The number of rotatable bonds is 4. The van der Waals surface area contributed by atoms with Crippen LogP contribution in [-0.4, -0.2) is 50.7 Å². The molecule has 1 aliphatic rings. The van der Waals surface area contributed by atoms with Gasteiger partial charge in [-0.25, -0.2) is 4.68 Å². The number of nitrogens with zero attached hydrogens (tertiary/aromatic N) is 5. The molecule has 1 amide bonds. The van der Waals surface area contributed by atoms with Crippen molar-refractivity contribution in [3.05, 3.63) is 30.6 Å². The van der Waals surface area contributed by atoms with Crippen LogP contribution in [0.3, 0.4) is 0 Å². The van der Waals surface area contributed by atoms with Gasteiger partial charge in [-0.1, -0.05) is 13.0 Å². The molecule has 1 aromatic heterocycles. The Morgan fingerprint density at radius 3 is 2.91 bits per heavy atom. The van der Waals surface area contributed by atoms with E-state index in [4.69, 9.17) is 4.74 Å². The highest BCUT2D eigenvalue weighted by Gasteiger charge is 2.20. The number of hydrogen-bond acceptors (Lipinski definition) is 5. The number of carbonyl (C=O) groups excluding carboxylic acids is 1. The van der Waals surface area contributed by atoms with Crippen LogP contribution in [0.1, 0.15) is 19.8 Å². The number of benzene rings is 1. The van der Waals surface area contributed by atoms with Crippen molar-refractivity contribution in [2.45, 2.75) is 19.8 Å². The maximum absolute atomic E-state index is 12.2. The molecule has 7 heteroatoms. The van der Waals surface area contributed by atoms with Crippen molar-refractivity contribution in [3.8, 4) is 11.4 Å². The van der Waals surface area contributed by atoms with Gasteiger partial charge in [-0.05, 0) is 41.3 Å². The minimum atomic E-state index is 0.0414. The van der Waals surface area contributed by atoms with Gasteiger partial charge in [0.05, 0.1) is 5.69 Å². The molecule has 2 aromatic rings. The quantitative estimate of drug-likeness (QED) is 0.851. The molecule has 0 atom stereocenters. The molecular formula is C15H19N5O2. The highest BCUT2D eigenvalue weighted by Crippen LogP contribution is 2.18. The van der Waals surface area contributed by atoms with Crippen molar-refractivity contribution >= 4 is 5.91 Å². The molecular weight excluding hydrogens is 282 g/mol. The molecule has 0 radical (unpaired) electrons. The lowest BCUT2D eigenvalue weighted by molar-refractivity contribution is -0.134. The fourth-order valence-corrected chi connectivity index (χ4v) is 2.49. The lowest BCUT2D eigenvalue weighted by Crippen LogP contribution is -2.40. The van der Waals surface area contributed by atoms with Crippen LogP contribution in [0.2, 0.25) is 0 Å². The lowest BCUT2D eigenvalue weighted by atomic mass is 9.99.